The van der Waals surface area contributed by atoms with Crippen LogP contribution in [0.1, 0.15) is 47.9 Å². The third-order valence-corrected chi connectivity index (χ3v) is 4.67. The minimum atomic E-state index is -0.326. The molecule has 2 aliphatic rings. The van der Waals surface area contributed by atoms with E-state index in [4.69, 9.17) is 0 Å². The van der Waals surface area contributed by atoms with Crippen LogP contribution in [0, 0.1) is 0 Å². The van der Waals surface area contributed by atoms with Gasteiger partial charge in [-0.25, -0.2) is 0 Å². The zero-order chi connectivity index (χ0) is 18.6. The lowest BCUT2D eigenvalue weighted by molar-refractivity contribution is 0.0583. The molecular weight excluding hydrogens is 332 g/mol. The summed E-state index contributed by atoms with van der Waals surface area (Å²) in [5.41, 5.74) is 3.07. The lowest BCUT2D eigenvalue weighted by Gasteiger charge is -2.18. The van der Waals surface area contributed by atoms with Crippen molar-refractivity contribution in [3.05, 3.63) is 58.7 Å². The topological polar surface area (TPSA) is 74.8 Å². The van der Waals surface area contributed by atoms with Gasteiger partial charge in [-0.2, -0.15) is 0 Å². The van der Waals surface area contributed by atoms with Crippen LogP contribution in [0.25, 0.3) is 11.1 Å². The van der Waals surface area contributed by atoms with Crippen molar-refractivity contribution in [2.24, 2.45) is 0 Å². The Morgan fingerprint density at radius 2 is 1.31 bits per heavy atom. The van der Waals surface area contributed by atoms with Crippen LogP contribution in [0.4, 0.5) is 0 Å². The van der Waals surface area contributed by atoms with Crippen molar-refractivity contribution in [3.63, 3.8) is 0 Å². The molecule has 1 aliphatic heterocycles. The van der Waals surface area contributed by atoms with E-state index in [1.807, 2.05) is 0 Å². The molecule has 0 radical (unpaired) electrons. The molecule has 0 spiro atoms. The van der Waals surface area contributed by atoms with Crippen molar-refractivity contribution in [2.75, 3.05) is 20.8 Å². The molecule has 130 valence electrons. The predicted molar refractivity (Wildman–Crippen MR) is 94.2 cm³/mol. The van der Waals surface area contributed by atoms with Crippen molar-refractivity contribution in [3.8, 4) is 11.1 Å². The van der Waals surface area contributed by atoms with Gasteiger partial charge < -0.3 is 0 Å². The van der Waals surface area contributed by atoms with Gasteiger partial charge in [0, 0.05) is 11.1 Å². The highest BCUT2D eigenvalue weighted by Gasteiger charge is 2.36. The second-order valence-electron chi connectivity index (χ2n) is 6.80. The number of ketones is 2. The Morgan fingerprint density at radius 3 is 1.96 bits per heavy atom. The second kappa shape index (κ2) is 5.71. The summed E-state index contributed by atoms with van der Waals surface area (Å²) >= 11 is 0. The van der Waals surface area contributed by atoms with Crippen molar-refractivity contribution in [1.29, 1.82) is 0 Å². The lowest BCUT2D eigenvalue weighted by Crippen LogP contribution is -2.37. The van der Waals surface area contributed by atoms with Crippen LogP contribution in [-0.4, -0.2) is 53.9 Å². The summed E-state index contributed by atoms with van der Waals surface area (Å²) in [5.74, 6) is -0.977. The molecule has 0 fully saturated rings. The minimum absolute atomic E-state index is 0.0878. The summed E-state index contributed by atoms with van der Waals surface area (Å²) in [7, 11) is 3.58. The third kappa shape index (κ3) is 2.38. The third-order valence-electron chi connectivity index (χ3n) is 4.67. The summed E-state index contributed by atoms with van der Waals surface area (Å²) in [6.45, 7) is 0.219. The number of amides is 2. The molecule has 2 aromatic rings. The van der Waals surface area contributed by atoms with Gasteiger partial charge in [-0.1, -0.05) is 18.2 Å². The first-order valence-electron chi connectivity index (χ1n) is 8.22. The van der Waals surface area contributed by atoms with Crippen LogP contribution in [0.15, 0.2) is 36.4 Å². The molecule has 2 amide bonds. The monoisotopic (exact) mass is 348 g/mol. The average Bonchev–Trinajstić information content (AvgIpc) is 3.03. The summed E-state index contributed by atoms with van der Waals surface area (Å²) in [4.78, 5) is 51.7. The van der Waals surface area contributed by atoms with Crippen LogP contribution in [0.3, 0.4) is 0 Å². The largest absolute Gasteiger partial charge is 0.294 e. The molecule has 4 rings (SSSR count). The van der Waals surface area contributed by atoms with E-state index in [0.717, 1.165) is 11.1 Å². The number of Topliss-reactive ketones (excluding diaryl/α,β-unsaturated/α-hetero) is 2. The van der Waals surface area contributed by atoms with E-state index in [0.29, 0.717) is 22.3 Å². The van der Waals surface area contributed by atoms with Gasteiger partial charge in [-0.15, -0.1) is 0 Å². The van der Waals surface area contributed by atoms with Gasteiger partial charge in [0.25, 0.3) is 11.8 Å². The fraction of sp³-hybridized carbons (Fsp3) is 0.200. The SMILES string of the molecule is CN(C)CN1C(=O)c2ccc(-c3ccc4c(c3)C(=O)CC4=O)cc2C1=O. The first-order valence-corrected chi connectivity index (χ1v) is 8.22. The Labute approximate surface area is 150 Å². The zero-order valence-electron chi connectivity index (χ0n) is 14.4. The van der Waals surface area contributed by atoms with E-state index in [1.54, 1.807) is 55.4 Å². The maximum atomic E-state index is 12.6. The molecule has 0 saturated carbocycles. The Bertz CT molecular complexity index is 1010. The first kappa shape index (κ1) is 16.4. The van der Waals surface area contributed by atoms with Crippen molar-refractivity contribution in [2.45, 2.75) is 6.42 Å². The summed E-state index contributed by atoms with van der Waals surface area (Å²) in [6, 6.07) is 10.2. The molecule has 0 saturated heterocycles. The number of hydrogen-bond donors (Lipinski definition) is 0. The smallest absolute Gasteiger partial charge is 0.262 e. The van der Waals surface area contributed by atoms with Crippen LogP contribution < -0.4 is 0 Å². The van der Waals surface area contributed by atoms with Crippen LogP contribution >= 0.6 is 0 Å². The highest BCUT2D eigenvalue weighted by molar-refractivity contribution is 6.25. The summed E-state index contributed by atoms with van der Waals surface area (Å²) in [5, 5.41) is 0. The number of rotatable bonds is 3. The van der Waals surface area contributed by atoms with E-state index in [9.17, 15) is 19.2 Å². The molecule has 0 unspecified atom stereocenters. The molecule has 6 nitrogen and oxygen atoms in total. The molecule has 0 aromatic heterocycles. The average molecular weight is 348 g/mol. The van der Waals surface area contributed by atoms with Gasteiger partial charge in [0.2, 0.25) is 0 Å². The molecular formula is C20H16N2O4. The second-order valence-corrected chi connectivity index (χ2v) is 6.80. The van der Waals surface area contributed by atoms with E-state index in [-0.39, 0.29) is 36.5 Å². The summed E-state index contributed by atoms with van der Waals surface area (Å²) in [6.07, 6.45) is -0.0878. The molecule has 0 N–H and O–H groups in total. The number of hydrogen-bond acceptors (Lipinski definition) is 5. The lowest BCUT2D eigenvalue weighted by atomic mass is 9.97. The van der Waals surface area contributed by atoms with E-state index >= 15 is 0 Å². The molecule has 1 aliphatic carbocycles. The van der Waals surface area contributed by atoms with Crippen molar-refractivity contribution < 1.29 is 19.2 Å². The van der Waals surface area contributed by atoms with E-state index < -0.39 is 0 Å². The van der Waals surface area contributed by atoms with Crippen LogP contribution in [0.5, 0.6) is 0 Å². The van der Waals surface area contributed by atoms with Gasteiger partial charge in [-0.3, -0.25) is 29.0 Å². The fourth-order valence-electron chi connectivity index (χ4n) is 3.42. The van der Waals surface area contributed by atoms with Gasteiger partial charge in [0.05, 0.1) is 24.2 Å². The number of carbonyl (C=O) groups is 4. The highest BCUT2D eigenvalue weighted by atomic mass is 16.2. The minimum Gasteiger partial charge on any atom is -0.294 e. The Morgan fingerprint density at radius 1 is 0.769 bits per heavy atom. The Hall–Kier alpha value is -3.12. The standard InChI is InChI=1S/C20H16N2O4/c1-21(2)10-22-19(25)14-6-4-12(8-16(14)20(22)26)11-3-5-13-15(7-11)18(24)9-17(13)23/h3-8H,9-10H2,1-2H3. The Balaban J connectivity index is 1.74. The van der Waals surface area contributed by atoms with Crippen molar-refractivity contribution in [1.82, 2.24) is 9.80 Å². The Kier molecular flexibility index (Phi) is 3.59. The number of carbonyl (C=O) groups excluding carboxylic acids is 4. The molecule has 1 heterocycles. The van der Waals surface area contributed by atoms with E-state index in [1.165, 1.54) is 4.90 Å². The number of imide groups is 1. The molecule has 6 heteroatoms. The first-order chi connectivity index (χ1) is 12.4. The maximum Gasteiger partial charge on any atom is 0.262 e. The quantitative estimate of drug-likeness (QED) is 0.628. The van der Waals surface area contributed by atoms with E-state index in [2.05, 4.69) is 0 Å². The summed E-state index contributed by atoms with van der Waals surface area (Å²) < 4.78 is 0. The molecule has 26 heavy (non-hydrogen) atoms. The number of benzene rings is 2. The predicted octanol–water partition coefficient (Wildman–Crippen LogP) is 2.24. The van der Waals surface area contributed by atoms with Crippen molar-refractivity contribution >= 4 is 23.4 Å². The highest BCUT2D eigenvalue weighted by Crippen LogP contribution is 2.31. The fourth-order valence-corrected chi connectivity index (χ4v) is 3.42. The molecule has 2 aromatic carbocycles. The molecule has 0 bridgehead atoms. The maximum absolute atomic E-state index is 12.6. The van der Waals surface area contributed by atoms with Gasteiger partial charge >= 0.3 is 0 Å². The number of nitrogens with zero attached hydrogens (tertiary/aromatic N) is 2. The normalized spacial score (nSPS) is 15.9. The van der Waals surface area contributed by atoms with Crippen LogP contribution in [0.2, 0.25) is 0 Å². The van der Waals surface area contributed by atoms with Crippen LogP contribution in [-0.2, 0) is 0 Å². The zero-order valence-corrected chi connectivity index (χ0v) is 14.4. The van der Waals surface area contributed by atoms with Gasteiger partial charge in [0.1, 0.15) is 0 Å². The molecule has 0 atom stereocenters. The number of fused-ring (bicyclic) bond motifs is 2. The van der Waals surface area contributed by atoms with Gasteiger partial charge in [0.15, 0.2) is 11.6 Å². The van der Waals surface area contributed by atoms with Gasteiger partial charge in [-0.05, 0) is 43.4 Å².